The minimum Gasteiger partial charge on any atom is -0.338 e. The van der Waals surface area contributed by atoms with Gasteiger partial charge in [-0.15, -0.1) is 0 Å². The largest absolute Gasteiger partial charge is 0.338 e. The van der Waals surface area contributed by atoms with Gasteiger partial charge in [-0.1, -0.05) is 25.3 Å². The van der Waals surface area contributed by atoms with Crippen LogP contribution >= 0.6 is 0 Å². The van der Waals surface area contributed by atoms with E-state index in [0.717, 1.165) is 25.7 Å². The second kappa shape index (κ2) is 9.74. The highest BCUT2D eigenvalue weighted by Gasteiger charge is 2.15. The number of urea groups is 1. The van der Waals surface area contributed by atoms with Gasteiger partial charge in [-0.05, 0) is 32.3 Å². The second-order valence-corrected chi connectivity index (χ2v) is 6.65. The van der Waals surface area contributed by atoms with E-state index in [-0.39, 0.29) is 30.1 Å². The van der Waals surface area contributed by atoms with Gasteiger partial charge in [0.25, 0.3) is 5.69 Å². The second-order valence-electron chi connectivity index (χ2n) is 6.65. The van der Waals surface area contributed by atoms with Crippen LogP contribution in [0.4, 0.5) is 16.2 Å². The van der Waals surface area contributed by atoms with Crippen LogP contribution in [0.1, 0.15) is 50.5 Å². The molecule has 26 heavy (non-hydrogen) atoms. The predicted octanol–water partition coefficient (Wildman–Crippen LogP) is 3.25. The van der Waals surface area contributed by atoms with Gasteiger partial charge < -0.3 is 16.0 Å². The summed E-state index contributed by atoms with van der Waals surface area (Å²) in [6.07, 6.45) is 6.32. The number of nitrogens with zero attached hydrogens (tertiary/aromatic N) is 1. The topological polar surface area (TPSA) is 113 Å². The number of anilines is 1. The number of carbonyl (C=O) groups is 2. The molecule has 2 rings (SSSR count). The van der Waals surface area contributed by atoms with Crippen LogP contribution in [0.2, 0.25) is 0 Å². The molecule has 8 nitrogen and oxygen atoms in total. The van der Waals surface area contributed by atoms with Crippen molar-refractivity contribution in [2.75, 3.05) is 11.9 Å². The monoisotopic (exact) mass is 362 g/mol. The lowest BCUT2D eigenvalue weighted by Crippen LogP contribution is -2.43. The third kappa shape index (κ3) is 6.34. The molecule has 0 radical (unpaired) electrons. The van der Waals surface area contributed by atoms with Crippen molar-refractivity contribution in [3.63, 3.8) is 0 Å². The Kier molecular flexibility index (Phi) is 7.37. The van der Waals surface area contributed by atoms with Crippen molar-refractivity contribution in [2.24, 2.45) is 0 Å². The molecule has 142 valence electrons. The third-order valence-electron chi connectivity index (χ3n) is 4.50. The Balaban J connectivity index is 1.66. The van der Waals surface area contributed by atoms with Crippen LogP contribution in [0.15, 0.2) is 18.2 Å². The maximum atomic E-state index is 11.9. The summed E-state index contributed by atoms with van der Waals surface area (Å²) in [6.45, 7) is 2.05. The Morgan fingerprint density at radius 2 is 1.96 bits per heavy atom. The number of hydrogen-bond donors (Lipinski definition) is 3. The van der Waals surface area contributed by atoms with Crippen LogP contribution in [0, 0.1) is 17.0 Å². The summed E-state index contributed by atoms with van der Waals surface area (Å²) in [5.74, 6) is -0.238. The average Bonchev–Trinajstić information content (AvgIpc) is 2.61. The van der Waals surface area contributed by atoms with Crippen LogP contribution in [0.5, 0.6) is 0 Å². The lowest BCUT2D eigenvalue weighted by Gasteiger charge is -2.22. The van der Waals surface area contributed by atoms with E-state index in [1.54, 1.807) is 19.1 Å². The normalized spacial score (nSPS) is 14.5. The van der Waals surface area contributed by atoms with Crippen LogP contribution in [-0.4, -0.2) is 29.4 Å². The summed E-state index contributed by atoms with van der Waals surface area (Å²) in [7, 11) is 0. The zero-order valence-corrected chi connectivity index (χ0v) is 15.0. The predicted molar refractivity (Wildman–Crippen MR) is 99.1 cm³/mol. The number of aryl methyl sites for hydroxylation is 1. The SMILES string of the molecule is Cc1ccc(NC(=O)CCCNC(=O)NC2CCCCC2)cc1[N+](=O)[O-]. The lowest BCUT2D eigenvalue weighted by molar-refractivity contribution is -0.385. The molecule has 3 amide bonds. The molecule has 1 aromatic rings. The van der Waals surface area contributed by atoms with Gasteiger partial charge in [0, 0.05) is 36.3 Å². The van der Waals surface area contributed by atoms with E-state index < -0.39 is 4.92 Å². The smallest absolute Gasteiger partial charge is 0.315 e. The Morgan fingerprint density at radius 3 is 2.65 bits per heavy atom. The molecule has 1 aromatic carbocycles. The number of carbonyl (C=O) groups excluding carboxylic acids is 2. The molecule has 0 aromatic heterocycles. The first-order valence-electron chi connectivity index (χ1n) is 9.05. The minimum atomic E-state index is -0.472. The van der Waals surface area contributed by atoms with Gasteiger partial charge >= 0.3 is 6.03 Å². The quantitative estimate of drug-likeness (QED) is 0.392. The van der Waals surface area contributed by atoms with Crippen LogP contribution < -0.4 is 16.0 Å². The Hall–Kier alpha value is -2.64. The number of hydrogen-bond acceptors (Lipinski definition) is 4. The molecule has 0 unspecified atom stereocenters. The average molecular weight is 362 g/mol. The summed E-state index contributed by atoms with van der Waals surface area (Å²) < 4.78 is 0. The van der Waals surface area contributed by atoms with Gasteiger partial charge in [-0.2, -0.15) is 0 Å². The van der Waals surface area contributed by atoms with Crippen molar-refractivity contribution >= 4 is 23.3 Å². The molecule has 0 aliphatic heterocycles. The van der Waals surface area contributed by atoms with Crippen molar-refractivity contribution in [2.45, 2.75) is 57.9 Å². The van der Waals surface area contributed by atoms with E-state index in [2.05, 4.69) is 16.0 Å². The first-order valence-corrected chi connectivity index (χ1v) is 9.05. The molecule has 8 heteroatoms. The van der Waals surface area contributed by atoms with E-state index in [1.165, 1.54) is 12.5 Å². The van der Waals surface area contributed by atoms with E-state index in [0.29, 0.717) is 24.2 Å². The molecule has 0 bridgehead atoms. The fraction of sp³-hybridized carbons (Fsp3) is 0.556. The summed E-state index contributed by atoms with van der Waals surface area (Å²) in [5.41, 5.74) is 0.917. The molecule has 0 heterocycles. The van der Waals surface area contributed by atoms with Gasteiger partial charge in [-0.3, -0.25) is 14.9 Å². The van der Waals surface area contributed by atoms with Crippen molar-refractivity contribution < 1.29 is 14.5 Å². The third-order valence-corrected chi connectivity index (χ3v) is 4.50. The number of nitro groups is 1. The number of nitrogens with one attached hydrogen (secondary N) is 3. The molecule has 1 aliphatic carbocycles. The number of nitro benzene ring substituents is 1. The van der Waals surface area contributed by atoms with E-state index >= 15 is 0 Å². The molecule has 0 atom stereocenters. The molecule has 1 fully saturated rings. The molecular formula is C18H26N4O4. The maximum Gasteiger partial charge on any atom is 0.315 e. The Labute approximate surface area is 152 Å². The number of benzene rings is 1. The molecule has 1 aliphatic rings. The standard InChI is InChI=1S/C18H26N4O4/c1-13-9-10-15(12-16(13)22(25)26)20-17(23)8-5-11-19-18(24)21-14-6-3-2-4-7-14/h9-10,12,14H,2-8,11H2,1H3,(H,20,23)(H2,19,21,24). The minimum absolute atomic E-state index is 0.0242. The molecule has 0 saturated heterocycles. The summed E-state index contributed by atoms with van der Waals surface area (Å²) in [6, 6.07) is 4.65. The van der Waals surface area contributed by atoms with Gasteiger partial charge in [0.1, 0.15) is 0 Å². The van der Waals surface area contributed by atoms with Gasteiger partial charge in [-0.25, -0.2) is 4.79 Å². The number of rotatable bonds is 7. The van der Waals surface area contributed by atoms with Crippen molar-refractivity contribution in [3.8, 4) is 0 Å². The zero-order valence-electron chi connectivity index (χ0n) is 15.0. The summed E-state index contributed by atoms with van der Waals surface area (Å²) >= 11 is 0. The molecule has 1 saturated carbocycles. The van der Waals surface area contributed by atoms with Crippen molar-refractivity contribution in [3.05, 3.63) is 33.9 Å². The Morgan fingerprint density at radius 1 is 1.23 bits per heavy atom. The molecular weight excluding hydrogens is 336 g/mol. The highest BCUT2D eigenvalue weighted by atomic mass is 16.6. The van der Waals surface area contributed by atoms with Crippen LogP contribution in [-0.2, 0) is 4.79 Å². The first-order chi connectivity index (χ1) is 12.5. The Bertz CT molecular complexity index is 657. The fourth-order valence-electron chi connectivity index (χ4n) is 3.04. The molecule has 0 spiro atoms. The highest BCUT2D eigenvalue weighted by molar-refractivity contribution is 5.91. The van der Waals surface area contributed by atoms with E-state index in [1.807, 2.05) is 0 Å². The summed E-state index contributed by atoms with van der Waals surface area (Å²) in [5, 5.41) is 19.3. The zero-order chi connectivity index (χ0) is 18.9. The number of amides is 3. The van der Waals surface area contributed by atoms with E-state index in [9.17, 15) is 19.7 Å². The molecule has 3 N–H and O–H groups in total. The van der Waals surface area contributed by atoms with Gasteiger partial charge in [0.15, 0.2) is 0 Å². The van der Waals surface area contributed by atoms with E-state index in [4.69, 9.17) is 0 Å². The van der Waals surface area contributed by atoms with Gasteiger partial charge in [0.2, 0.25) is 5.91 Å². The van der Waals surface area contributed by atoms with Crippen molar-refractivity contribution in [1.29, 1.82) is 0 Å². The summed E-state index contributed by atoms with van der Waals surface area (Å²) in [4.78, 5) is 34.2. The van der Waals surface area contributed by atoms with Crippen molar-refractivity contribution in [1.82, 2.24) is 10.6 Å². The fourth-order valence-corrected chi connectivity index (χ4v) is 3.04. The maximum absolute atomic E-state index is 11.9. The van der Waals surface area contributed by atoms with Gasteiger partial charge in [0.05, 0.1) is 4.92 Å². The van der Waals surface area contributed by atoms with Crippen LogP contribution in [0.25, 0.3) is 0 Å². The first kappa shape index (κ1) is 19.7. The van der Waals surface area contributed by atoms with Crippen LogP contribution in [0.3, 0.4) is 0 Å². The highest BCUT2D eigenvalue weighted by Crippen LogP contribution is 2.22. The lowest BCUT2D eigenvalue weighted by atomic mass is 9.96.